The lowest BCUT2D eigenvalue weighted by molar-refractivity contribution is -0.140. The molecule has 7 heteroatoms. The van der Waals surface area contributed by atoms with Crippen LogP contribution in [0.2, 0.25) is 0 Å². The van der Waals surface area contributed by atoms with Gasteiger partial charge in [-0.2, -0.15) is 0 Å². The van der Waals surface area contributed by atoms with Gasteiger partial charge in [0, 0.05) is 18.7 Å². The molecule has 0 spiro atoms. The van der Waals surface area contributed by atoms with E-state index in [1.54, 1.807) is 36.4 Å². The standard InChI is InChI=1S/C23H28N2O5/c1-15(2)14-30-17-8-5-7-16(13-17)21(26)19-20(18-9-6-12-29-18)25(11-10-24(3)4)23(28)22(19)27/h5-9,12-13,15,20,26H,10-11,14H2,1-4H3/b21-19-. The van der Waals surface area contributed by atoms with Crippen molar-refractivity contribution in [2.75, 3.05) is 33.8 Å². The van der Waals surface area contributed by atoms with Gasteiger partial charge in [0.05, 0.1) is 18.4 Å². The number of aliphatic hydroxyl groups is 1. The Labute approximate surface area is 176 Å². The van der Waals surface area contributed by atoms with Crippen molar-refractivity contribution in [2.24, 2.45) is 5.92 Å². The third kappa shape index (κ3) is 4.57. The van der Waals surface area contributed by atoms with Crippen LogP contribution in [0, 0.1) is 5.92 Å². The van der Waals surface area contributed by atoms with Gasteiger partial charge in [-0.1, -0.05) is 26.0 Å². The normalized spacial score (nSPS) is 18.6. The Morgan fingerprint density at radius 2 is 2.00 bits per heavy atom. The molecule has 1 amide bonds. The summed E-state index contributed by atoms with van der Waals surface area (Å²) in [5.41, 5.74) is 0.438. The van der Waals surface area contributed by atoms with Gasteiger partial charge in [0.1, 0.15) is 23.3 Å². The molecule has 1 aliphatic heterocycles. The minimum absolute atomic E-state index is 0.0229. The molecular weight excluding hydrogens is 384 g/mol. The van der Waals surface area contributed by atoms with Crippen LogP contribution in [0.3, 0.4) is 0 Å². The zero-order chi connectivity index (χ0) is 21.8. The predicted octanol–water partition coefficient (Wildman–Crippen LogP) is 3.30. The van der Waals surface area contributed by atoms with Gasteiger partial charge in [-0.15, -0.1) is 0 Å². The maximum absolute atomic E-state index is 12.9. The molecule has 0 radical (unpaired) electrons. The molecule has 2 heterocycles. The van der Waals surface area contributed by atoms with Crippen molar-refractivity contribution in [1.29, 1.82) is 0 Å². The average molecular weight is 412 g/mol. The Morgan fingerprint density at radius 3 is 2.63 bits per heavy atom. The van der Waals surface area contributed by atoms with Crippen LogP contribution in [0.15, 0.2) is 52.7 Å². The molecule has 2 aromatic rings. The monoisotopic (exact) mass is 412 g/mol. The second-order valence-electron chi connectivity index (χ2n) is 8.04. The first-order chi connectivity index (χ1) is 14.3. The fourth-order valence-corrected chi connectivity index (χ4v) is 3.31. The molecule has 1 saturated heterocycles. The smallest absolute Gasteiger partial charge is 0.295 e. The van der Waals surface area contributed by atoms with Crippen molar-refractivity contribution in [1.82, 2.24) is 9.80 Å². The summed E-state index contributed by atoms with van der Waals surface area (Å²) in [5, 5.41) is 11.0. The van der Waals surface area contributed by atoms with Gasteiger partial charge in [0.15, 0.2) is 0 Å². The SMILES string of the molecule is CC(C)COc1cccc(/C(O)=C2/C(=O)C(=O)N(CCN(C)C)C2c2ccco2)c1. The zero-order valence-corrected chi connectivity index (χ0v) is 17.8. The Balaban J connectivity index is 2.02. The molecule has 1 unspecified atom stereocenters. The Hall–Kier alpha value is -3.06. The number of aliphatic hydroxyl groups excluding tert-OH is 1. The van der Waals surface area contributed by atoms with Crippen molar-refractivity contribution in [3.8, 4) is 5.75 Å². The summed E-state index contributed by atoms with van der Waals surface area (Å²) in [7, 11) is 3.78. The first-order valence-electron chi connectivity index (χ1n) is 9.99. The highest BCUT2D eigenvalue weighted by atomic mass is 16.5. The molecular formula is C23H28N2O5. The van der Waals surface area contributed by atoms with Gasteiger partial charge < -0.3 is 24.1 Å². The van der Waals surface area contributed by atoms with Crippen molar-refractivity contribution >= 4 is 17.4 Å². The highest BCUT2D eigenvalue weighted by Gasteiger charge is 2.47. The molecule has 1 N–H and O–H groups in total. The number of furan rings is 1. The molecule has 7 nitrogen and oxygen atoms in total. The molecule has 0 saturated carbocycles. The highest BCUT2D eigenvalue weighted by Crippen LogP contribution is 2.39. The van der Waals surface area contributed by atoms with E-state index in [2.05, 4.69) is 0 Å². The summed E-state index contributed by atoms with van der Waals surface area (Å²) in [6.45, 7) is 5.52. The lowest BCUT2D eigenvalue weighted by Gasteiger charge is -2.24. The third-order valence-electron chi connectivity index (χ3n) is 4.83. The van der Waals surface area contributed by atoms with E-state index >= 15 is 0 Å². The van der Waals surface area contributed by atoms with Crippen LogP contribution in [0.5, 0.6) is 5.75 Å². The van der Waals surface area contributed by atoms with Crippen molar-refractivity contribution in [3.05, 3.63) is 59.6 Å². The molecule has 1 aromatic heterocycles. The van der Waals surface area contributed by atoms with E-state index in [4.69, 9.17) is 9.15 Å². The minimum atomic E-state index is -0.778. The van der Waals surface area contributed by atoms with E-state index in [1.807, 2.05) is 32.8 Å². The van der Waals surface area contributed by atoms with Gasteiger partial charge in [-0.05, 0) is 44.3 Å². The summed E-state index contributed by atoms with van der Waals surface area (Å²) in [5.74, 6) is -0.237. The molecule has 1 fully saturated rings. The lowest BCUT2D eigenvalue weighted by Crippen LogP contribution is -2.35. The quantitative estimate of drug-likeness (QED) is 0.407. The summed E-state index contributed by atoms with van der Waals surface area (Å²) in [6.07, 6.45) is 1.49. The number of ketones is 1. The van der Waals surface area contributed by atoms with E-state index < -0.39 is 17.7 Å². The number of nitrogens with zero attached hydrogens (tertiary/aromatic N) is 2. The number of ether oxygens (including phenoxy) is 1. The van der Waals surface area contributed by atoms with Crippen LogP contribution in [0.1, 0.15) is 31.2 Å². The topological polar surface area (TPSA) is 83.2 Å². The van der Waals surface area contributed by atoms with Crippen molar-refractivity contribution < 1.29 is 23.8 Å². The highest BCUT2D eigenvalue weighted by molar-refractivity contribution is 6.46. The second kappa shape index (κ2) is 9.17. The number of carbonyl (C=O) groups is 2. The fourth-order valence-electron chi connectivity index (χ4n) is 3.31. The van der Waals surface area contributed by atoms with Crippen LogP contribution in [-0.2, 0) is 9.59 Å². The number of likely N-dealkylation sites (N-methyl/N-ethyl adjacent to an activating group) is 1. The van der Waals surface area contributed by atoms with Crippen molar-refractivity contribution in [2.45, 2.75) is 19.9 Å². The molecule has 30 heavy (non-hydrogen) atoms. The Bertz CT molecular complexity index is 931. The van der Waals surface area contributed by atoms with Crippen LogP contribution in [0.25, 0.3) is 5.76 Å². The zero-order valence-electron chi connectivity index (χ0n) is 17.8. The van der Waals surface area contributed by atoms with E-state index in [0.717, 1.165) is 0 Å². The van der Waals surface area contributed by atoms with Crippen molar-refractivity contribution in [3.63, 3.8) is 0 Å². The molecule has 0 bridgehead atoms. The number of rotatable bonds is 8. The second-order valence-corrected chi connectivity index (χ2v) is 8.04. The molecule has 3 rings (SSSR count). The number of hydrogen-bond donors (Lipinski definition) is 1. The Kier molecular flexibility index (Phi) is 6.62. The molecule has 1 aliphatic rings. The summed E-state index contributed by atoms with van der Waals surface area (Å²) < 4.78 is 11.3. The van der Waals surface area contributed by atoms with Gasteiger partial charge in [0.25, 0.3) is 11.7 Å². The largest absolute Gasteiger partial charge is 0.507 e. The predicted molar refractivity (Wildman–Crippen MR) is 113 cm³/mol. The maximum Gasteiger partial charge on any atom is 0.295 e. The fraction of sp³-hybridized carbons (Fsp3) is 0.391. The molecule has 0 aliphatic carbocycles. The van der Waals surface area contributed by atoms with Crippen LogP contribution >= 0.6 is 0 Å². The summed E-state index contributed by atoms with van der Waals surface area (Å²) in [4.78, 5) is 29.0. The molecule has 1 aromatic carbocycles. The molecule has 160 valence electrons. The molecule has 1 atom stereocenters. The number of likely N-dealkylation sites (tertiary alicyclic amines) is 1. The lowest BCUT2D eigenvalue weighted by atomic mass is 9.99. The number of benzene rings is 1. The first kappa shape index (κ1) is 21.6. The summed E-state index contributed by atoms with van der Waals surface area (Å²) in [6, 6.07) is 9.51. The maximum atomic E-state index is 12.9. The van der Waals surface area contributed by atoms with Crippen LogP contribution in [0.4, 0.5) is 0 Å². The number of hydrogen-bond acceptors (Lipinski definition) is 6. The minimum Gasteiger partial charge on any atom is -0.507 e. The van der Waals surface area contributed by atoms with Gasteiger partial charge in [-0.3, -0.25) is 9.59 Å². The van der Waals surface area contributed by atoms with Crippen LogP contribution in [-0.4, -0.2) is 60.4 Å². The average Bonchev–Trinajstić information content (AvgIpc) is 3.32. The van der Waals surface area contributed by atoms with E-state index in [0.29, 0.717) is 42.7 Å². The third-order valence-corrected chi connectivity index (χ3v) is 4.83. The Morgan fingerprint density at radius 1 is 1.23 bits per heavy atom. The van der Waals surface area contributed by atoms with E-state index in [-0.39, 0.29) is 11.3 Å². The summed E-state index contributed by atoms with van der Waals surface area (Å²) >= 11 is 0. The van der Waals surface area contributed by atoms with Gasteiger partial charge in [0.2, 0.25) is 0 Å². The first-order valence-corrected chi connectivity index (χ1v) is 9.99. The van der Waals surface area contributed by atoms with E-state index in [9.17, 15) is 14.7 Å². The number of amides is 1. The number of carbonyl (C=O) groups excluding carboxylic acids is 2. The van der Waals surface area contributed by atoms with Gasteiger partial charge >= 0.3 is 0 Å². The number of Topliss-reactive ketones (excluding diaryl/α,β-unsaturated/α-hetero) is 1. The van der Waals surface area contributed by atoms with Gasteiger partial charge in [-0.25, -0.2) is 0 Å². The van der Waals surface area contributed by atoms with Crippen LogP contribution < -0.4 is 4.74 Å². The van der Waals surface area contributed by atoms with E-state index in [1.165, 1.54) is 11.2 Å².